The van der Waals surface area contributed by atoms with Crippen molar-refractivity contribution in [3.05, 3.63) is 54.4 Å². The molecule has 2 aliphatic rings. The molecule has 0 radical (unpaired) electrons. The van der Waals surface area contributed by atoms with Crippen molar-refractivity contribution in [1.29, 1.82) is 0 Å². The van der Waals surface area contributed by atoms with Gasteiger partial charge in [-0.1, -0.05) is 30.3 Å². The third-order valence-corrected chi connectivity index (χ3v) is 6.69. The number of rotatable bonds is 4. The summed E-state index contributed by atoms with van der Waals surface area (Å²) in [6.45, 7) is 3.27. The van der Waals surface area contributed by atoms with Gasteiger partial charge >= 0.3 is 0 Å². The van der Waals surface area contributed by atoms with E-state index in [1.54, 1.807) is 13.3 Å². The number of fused-ring (bicyclic) bond motifs is 1. The highest BCUT2D eigenvalue weighted by Crippen LogP contribution is 2.40. The Hall–Kier alpha value is -2.99. The van der Waals surface area contributed by atoms with Gasteiger partial charge in [-0.05, 0) is 42.4 Å². The van der Waals surface area contributed by atoms with E-state index >= 15 is 0 Å². The Morgan fingerprint density at radius 2 is 1.90 bits per heavy atom. The normalized spacial score (nSPS) is 17.9. The Balaban J connectivity index is 1.40. The summed E-state index contributed by atoms with van der Waals surface area (Å²) in [5.74, 6) is 0.786. The highest BCUT2D eigenvalue weighted by Gasteiger charge is 2.40. The van der Waals surface area contributed by atoms with Crippen LogP contribution in [0.4, 0.5) is 0 Å². The zero-order chi connectivity index (χ0) is 21.3. The molecule has 1 amide bonds. The Kier molecular flexibility index (Phi) is 5.32. The van der Waals surface area contributed by atoms with Gasteiger partial charge in [0.05, 0.1) is 19.2 Å². The van der Waals surface area contributed by atoms with Gasteiger partial charge < -0.3 is 14.4 Å². The van der Waals surface area contributed by atoms with E-state index in [1.165, 1.54) is 0 Å². The van der Waals surface area contributed by atoms with E-state index < -0.39 is 0 Å². The molecule has 0 N–H and O–H groups in total. The summed E-state index contributed by atoms with van der Waals surface area (Å²) in [5, 5.41) is 0. The van der Waals surface area contributed by atoms with Crippen LogP contribution in [0.2, 0.25) is 0 Å². The molecule has 2 fully saturated rings. The molecule has 0 bridgehead atoms. The highest BCUT2D eigenvalue weighted by molar-refractivity contribution is 5.95. The summed E-state index contributed by atoms with van der Waals surface area (Å²) in [4.78, 5) is 24.5. The van der Waals surface area contributed by atoms with Gasteiger partial charge in [0.1, 0.15) is 16.8 Å². The van der Waals surface area contributed by atoms with Gasteiger partial charge in [-0.15, -0.1) is 0 Å². The van der Waals surface area contributed by atoms with Gasteiger partial charge in [-0.25, -0.2) is 4.98 Å². The Labute approximate surface area is 182 Å². The number of hydrogen-bond acceptors (Lipinski definition) is 5. The van der Waals surface area contributed by atoms with Crippen molar-refractivity contribution in [3.63, 3.8) is 0 Å². The standard InChI is InChI=1S/C25H27N3O3/c1-30-21-8-7-20(18-5-3-2-4-6-18)23-24(21)27-19(16-26-23)15-22(29)28-12-9-25(17-28)10-13-31-14-11-25/h2-8,16H,9-15,17H2,1H3. The molecule has 6 heteroatoms. The first-order chi connectivity index (χ1) is 15.2. The van der Waals surface area contributed by atoms with Crippen LogP contribution < -0.4 is 4.74 Å². The largest absolute Gasteiger partial charge is 0.494 e. The van der Waals surface area contributed by atoms with Gasteiger partial charge in [-0.2, -0.15) is 0 Å². The maximum absolute atomic E-state index is 13.0. The number of benzene rings is 2. The monoisotopic (exact) mass is 417 g/mol. The molecule has 0 saturated carbocycles. The van der Waals surface area contributed by atoms with Crippen LogP contribution in [0.25, 0.3) is 22.2 Å². The quantitative estimate of drug-likeness (QED) is 0.645. The van der Waals surface area contributed by atoms with Crippen molar-refractivity contribution in [2.45, 2.75) is 25.7 Å². The number of aromatic nitrogens is 2. The number of carbonyl (C=O) groups excluding carboxylic acids is 1. The van der Waals surface area contributed by atoms with Crippen LogP contribution in [0.15, 0.2) is 48.7 Å². The number of methoxy groups -OCH3 is 1. The molecule has 3 heterocycles. The van der Waals surface area contributed by atoms with Crippen molar-refractivity contribution in [2.24, 2.45) is 5.41 Å². The fraction of sp³-hybridized carbons (Fsp3) is 0.400. The van der Waals surface area contributed by atoms with Gasteiger partial charge in [0.2, 0.25) is 5.91 Å². The molecule has 1 spiro atoms. The third-order valence-electron chi connectivity index (χ3n) is 6.69. The lowest BCUT2D eigenvalue weighted by Gasteiger charge is -2.33. The zero-order valence-corrected chi connectivity index (χ0v) is 17.8. The SMILES string of the molecule is COc1ccc(-c2ccccc2)c2ncc(CC(=O)N3CCC4(CCOCC4)C3)nc12. The molecule has 0 atom stereocenters. The zero-order valence-electron chi connectivity index (χ0n) is 17.8. The van der Waals surface area contributed by atoms with E-state index in [4.69, 9.17) is 19.4 Å². The topological polar surface area (TPSA) is 64.5 Å². The van der Waals surface area contributed by atoms with Gasteiger partial charge in [0, 0.05) is 38.1 Å². The lowest BCUT2D eigenvalue weighted by Crippen LogP contribution is -2.36. The third kappa shape index (κ3) is 3.88. The molecule has 0 aliphatic carbocycles. The maximum Gasteiger partial charge on any atom is 0.228 e. The second kappa shape index (κ2) is 8.27. The van der Waals surface area contributed by atoms with Crippen LogP contribution in [0, 0.1) is 5.41 Å². The number of carbonyl (C=O) groups is 1. The van der Waals surface area contributed by atoms with Crippen molar-refractivity contribution in [3.8, 4) is 16.9 Å². The van der Waals surface area contributed by atoms with Gasteiger partial charge in [0.25, 0.3) is 0 Å². The van der Waals surface area contributed by atoms with Crippen molar-refractivity contribution >= 4 is 16.9 Å². The minimum atomic E-state index is 0.121. The molecule has 6 nitrogen and oxygen atoms in total. The van der Waals surface area contributed by atoms with E-state index in [9.17, 15) is 4.79 Å². The average Bonchev–Trinajstić information content (AvgIpc) is 3.22. The lowest BCUT2D eigenvalue weighted by atomic mass is 9.80. The summed E-state index contributed by atoms with van der Waals surface area (Å²) >= 11 is 0. The number of likely N-dealkylation sites (tertiary alicyclic amines) is 1. The van der Waals surface area contributed by atoms with Crippen LogP contribution in [-0.2, 0) is 16.0 Å². The fourth-order valence-corrected chi connectivity index (χ4v) is 4.84. The maximum atomic E-state index is 13.0. The Bertz CT molecular complexity index is 1090. The first-order valence-electron chi connectivity index (χ1n) is 10.9. The van der Waals surface area contributed by atoms with Crippen LogP contribution in [0.1, 0.15) is 25.0 Å². The van der Waals surface area contributed by atoms with Crippen molar-refractivity contribution in [2.75, 3.05) is 33.4 Å². The van der Waals surface area contributed by atoms with E-state index in [0.717, 1.165) is 62.2 Å². The molecule has 1 aromatic heterocycles. The number of nitrogens with zero attached hydrogens (tertiary/aromatic N) is 3. The molecule has 5 rings (SSSR count). The molecule has 160 valence electrons. The predicted molar refractivity (Wildman–Crippen MR) is 119 cm³/mol. The summed E-state index contributed by atoms with van der Waals surface area (Å²) in [7, 11) is 1.63. The molecular weight excluding hydrogens is 390 g/mol. The lowest BCUT2D eigenvalue weighted by molar-refractivity contribution is -0.130. The molecule has 0 unspecified atom stereocenters. The fourth-order valence-electron chi connectivity index (χ4n) is 4.84. The number of hydrogen-bond donors (Lipinski definition) is 0. The highest BCUT2D eigenvalue weighted by atomic mass is 16.5. The molecular formula is C25H27N3O3. The van der Waals surface area contributed by atoms with Gasteiger partial charge in [0.15, 0.2) is 0 Å². The Morgan fingerprint density at radius 3 is 2.68 bits per heavy atom. The van der Waals surface area contributed by atoms with Crippen LogP contribution in [-0.4, -0.2) is 54.2 Å². The van der Waals surface area contributed by atoms with Crippen molar-refractivity contribution in [1.82, 2.24) is 14.9 Å². The van der Waals surface area contributed by atoms with Gasteiger partial charge in [-0.3, -0.25) is 9.78 Å². The minimum absolute atomic E-state index is 0.121. The second-order valence-electron chi connectivity index (χ2n) is 8.59. The molecule has 2 aromatic carbocycles. The smallest absolute Gasteiger partial charge is 0.228 e. The minimum Gasteiger partial charge on any atom is -0.494 e. The Morgan fingerprint density at radius 1 is 1.10 bits per heavy atom. The first-order valence-corrected chi connectivity index (χ1v) is 10.9. The van der Waals surface area contributed by atoms with Crippen molar-refractivity contribution < 1.29 is 14.3 Å². The second-order valence-corrected chi connectivity index (χ2v) is 8.59. The summed E-state index contributed by atoms with van der Waals surface area (Å²) in [5.41, 5.74) is 4.47. The molecule has 3 aromatic rings. The van der Waals surface area contributed by atoms with Crippen LogP contribution in [0.3, 0.4) is 0 Å². The summed E-state index contributed by atoms with van der Waals surface area (Å²) in [6, 6.07) is 14.0. The van der Waals surface area contributed by atoms with Crippen LogP contribution in [0.5, 0.6) is 5.75 Å². The molecule has 2 aliphatic heterocycles. The predicted octanol–water partition coefficient (Wildman–Crippen LogP) is 3.88. The van der Waals surface area contributed by atoms with E-state index in [-0.39, 0.29) is 17.7 Å². The van der Waals surface area contributed by atoms with E-state index in [0.29, 0.717) is 17.0 Å². The number of amides is 1. The van der Waals surface area contributed by atoms with E-state index in [2.05, 4.69) is 12.1 Å². The molecule has 2 saturated heterocycles. The van der Waals surface area contributed by atoms with E-state index in [1.807, 2.05) is 35.2 Å². The van der Waals surface area contributed by atoms with Crippen LogP contribution >= 0.6 is 0 Å². The first kappa shape index (κ1) is 19.9. The number of ether oxygens (including phenoxy) is 2. The summed E-state index contributed by atoms with van der Waals surface area (Å²) in [6.07, 6.45) is 5.15. The summed E-state index contributed by atoms with van der Waals surface area (Å²) < 4.78 is 11.1. The average molecular weight is 418 g/mol. The molecule has 31 heavy (non-hydrogen) atoms.